The Hall–Kier alpha value is -0.990. The van der Waals surface area contributed by atoms with Crippen LogP contribution in [0.15, 0.2) is 30.4 Å². The van der Waals surface area contributed by atoms with Gasteiger partial charge >= 0.3 is 0 Å². The van der Waals surface area contributed by atoms with E-state index >= 15 is 0 Å². The molecule has 0 radical (unpaired) electrons. The van der Waals surface area contributed by atoms with Gasteiger partial charge in [-0.15, -0.1) is 12.4 Å². The molecule has 2 rings (SSSR count). The van der Waals surface area contributed by atoms with Crippen molar-refractivity contribution in [3.8, 4) is 5.75 Å². The molecule has 0 saturated heterocycles. The van der Waals surface area contributed by atoms with Gasteiger partial charge in [-0.25, -0.2) is 0 Å². The molecule has 15 heavy (non-hydrogen) atoms. The van der Waals surface area contributed by atoms with E-state index in [0.29, 0.717) is 6.04 Å². The summed E-state index contributed by atoms with van der Waals surface area (Å²) in [5.74, 6) is 0.963. The van der Waals surface area contributed by atoms with Gasteiger partial charge in [0.2, 0.25) is 0 Å². The van der Waals surface area contributed by atoms with Crippen LogP contribution in [0.5, 0.6) is 5.75 Å². The van der Waals surface area contributed by atoms with Gasteiger partial charge in [0, 0.05) is 6.54 Å². The maximum Gasteiger partial charge on any atom is 0.122 e. The Morgan fingerprint density at radius 1 is 1.40 bits per heavy atom. The van der Waals surface area contributed by atoms with Crippen molar-refractivity contribution in [2.24, 2.45) is 0 Å². The Kier molecular flexibility index (Phi) is 4.18. The predicted octanol–water partition coefficient (Wildman–Crippen LogP) is 2.63. The number of halogens is 1. The van der Waals surface area contributed by atoms with Crippen molar-refractivity contribution in [1.82, 2.24) is 5.32 Å². The van der Waals surface area contributed by atoms with Crippen molar-refractivity contribution in [3.63, 3.8) is 0 Å². The maximum atomic E-state index is 5.29. The smallest absolute Gasteiger partial charge is 0.122 e. The van der Waals surface area contributed by atoms with E-state index in [1.54, 1.807) is 7.11 Å². The van der Waals surface area contributed by atoms with Gasteiger partial charge < -0.3 is 10.1 Å². The maximum absolute atomic E-state index is 5.29. The summed E-state index contributed by atoms with van der Waals surface area (Å²) in [6, 6.07) is 6.53. The van der Waals surface area contributed by atoms with E-state index < -0.39 is 0 Å². The van der Waals surface area contributed by atoms with E-state index in [-0.39, 0.29) is 12.4 Å². The Morgan fingerprint density at radius 2 is 2.20 bits per heavy atom. The van der Waals surface area contributed by atoms with Crippen LogP contribution in [-0.4, -0.2) is 13.7 Å². The van der Waals surface area contributed by atoms with Gasteiger partial charge in [-0.1, -0.05) is 24.3 Å². The van der Waals surface area contributed by atoms with E-state index in [1.165, 1.54) is 11.1 Å². The second kappa shape index (κ2) is 5.19. The van der Waals surface area contributed by atoms with Crippen molar-refractivity contribution in [2.45, 2.75) is 13.0 Å². The van der Waals surface area contributed by atoms with Crippen molar-refractivity contribution < 1.29 is 4.74 Å². The average Bonchev–Trinajstić information content (AvgIpc) is 2.71. The summed E-state index contributed by atoms with van der Waals surface area (Å²) in [5, 5.41) is 3.40. The third-order valence-electron chi connectivity index (χ3n) is 2.67. The molecule has 82 valence electrons. The lowest BCUT2D eigenvalue weighted by Crippen LogP contribution is -2.15. The molecule has 0 aromatic heterocycles. The molecule has 1 aliphatic heterocycles. The number of benzene rings is 1. The Morgan fingerprint density at radius 3 is 2.80 bits per heavy atom. The van der Waals surface area contributed by atoms with Crippen LogP contribution in [-0.2, 0) is 0 Å². The summed E-state index contributed by atoms with van der Waals surface area (Å²) in [7, 11) is 1.71. The molecule has 0 fully saturated rings. The summed E-state index contributed by atoms with van der Waals surface area (Å²) in [6.07, 6.45) is 4.35. The molecule has 1 aliphatic rings. The molecule has 0 unspecified atom stereocenters. The topological polar surface area (TPSA) is 21.3 Å². The predicted molar refractivity (Wildman–Crippen MR) is 64.9 cm³/mol. The van der Waals surface area contributed by atoms with Crippen LogP contribution in [0, 0.1) is 6.92 Å². The van der Waals surface area contributed by atoms with Crippen LogP contribution in [0.3, 0.4) is 0 Å². The van der Waals surface area contributed by atoms with E-state index in [2.05, 4.69) is 30.5 Å². The quantitative estimate of drug-likeness (QED) is 0.782. The average molecular weight is 226 g/mol. The van der Waals surface area contributed by atoms with Gasteiger partial charge in [-0.3, -0.25) is 0 Å². The molecule has 0 aliphatic carbocycles. The first-order valence-corrected chi connectivity index (χ1v) is 4.86. The molecule has 1 heterocycles. The van der Waals surface area contributed by atoms with Crippen LogP contribution in [0.25, 0.3) is 0 Å². The normalized spacial score (nSPS) is 18.7. The number of ether oxygens (including phenoxy) is 1. The van der Waals surface area contributed by atoms with Crippen LogP contribution < -0.4 is 10.1 Å². The monoisotopic (exact) mass is 225 g/mol. The molecule has 0 spiro atoms. The fourth-order valence-corrected chi connectivity index (χ4v) is 1.87. The highest BCUT2D eigenvalue weighted by Gasteiger charge is 2.14. The highest BCUT2D eigenvalue weighted by molar-refractivity contribution is 5.85. The van der Waals surface area contributed by atoms with Crippen molar-refractivity contribution >= 4 is 12.4 Å². The molecule has 1 aromatic rings. The molecule has 0 bridgehead atoms. The molecule has 1 aromatic carbocycles. The standard InChI is InChI=1S/C12H15NO.ClH/c1-9-10(11-6-4-8-13-11)5-3-7-12(9)14-2;/h3-7,11,13H,8H2,1-2H3;1H/t11-;/m1./s1. The highest BCUT2D eigenvalue weighted by Crippen LogP contribution is 2.27. The first-order valence-electron chi connectivity index (χ1n) is 4.86. The SMILES string of the molecule is COc1cccc([C@H]2C=CCN2)c1C.Cl. The zero-order chi connectivity index (χ0) is 9.97. The molecular formula is C12H16ClNO. The minimum absolute atomic E-state index is 0. The van der Waals surface area contributed by atoms with Crippen molar-refractivity contribution in [1.29, 1.82) is 0 Å². The molecular weight excluding hydrogens is 210 g/mol. The molecule has 0 amide bonds. The van der Waals surface area contributed by atoms with Gasteiger partial charge in [0.25, 0.3) is 0 Å². The van der Waals surface area contributed by atoms with E-state index in [9.17, 15) is 0 Å². The number of rotatable bonds is 2. The van der Waals surface area contributed by atoms with E-state index in [1.807, 2.05) is 12.1 Å². The number of nitrogens with one attached hydrogen (secondary N) is 1. The van der Waals surface area contributed by atoms with Gasteiger partial charge in [0.05, 0.1) is 13.2 Å². The first kappa shape index (κ1) is 12.1. The zero-order valence-electron chi connectivity index (χ0n) is 8.99. The molecule has 0 saturated carbocycles. The Balaban J connectivity index is 0.00000112. The Labute approximate surface area is 96.7 Å². The fourth-order valence-electron chi connectivity index (χ4n) is 1.87. The minimum atomic E-state index is 0. The summed E-state index contributed by atoms with van der Waals surface area (Å²) < 4.78 is 5.29. The number of hydrogen-bond donors (Lipinski definition) is 1. The third kappa shape index (κ3) is 2.33. The summed E-state index contributed by atoms with van der Waals surface area (Å²) in [5.41, 5.74) is 2.53. The summed E-state index contributed by atoms with van der Waals surface area (Å²) >= 11 is 0. The van der Waals surface area contributed by atoms with Gasteiger partial charge in [-0.05, 0) is 24.1 Å². The Bertz CT molecular complexity index is 363. The lowest BCUT2D eigenvalue weighted by molar-refractivity contribution is 0.410. The molecule has 1 atom stereocenters. The van der Waals surface area contributed by atoms with Crippen LogP contribution >= 0.6 is 12.4 Å². The second-order valence-corrected chi connectivity index (χ2v) is 3.49. The third-order valence-corrected chi connectivity index (χ3v) is 2.67. The second-order valence-electron chi connectivity index (χ2n) is 3.49. The lowest BCUT2D eigenvalue weighted by Gasteiger charge is -2.15. The fraction of sp³-hybridized carbons (Fsp3) is 0.333. The van der Waals surface area contributed by atoms with Gasteiger partial charge in [0.15, 0.2) is 0 Å². The van der Waals surface area contributed by atoms with Crippen LogP contribution in [0.1, 0.15) is 17.2 Å². The van der Waals surface area contributed by atoms with E-state index in [0.717, 1.165) is 12.3 Å². The lowest BCUT2D eigenvalue weighted by atomic mass is 10.0. The first-order chi connectivity index (χ1) is 6.83. The summed E-state index contributed by atoms with van der Waals surface area (Å²) in [4.78, 5) is 0. The van der Waals surface area contributed by atoms with Gasteiger partial charge in [0.1, 0.15) is 5.75 Å². The molecule has 1 N–H and O–H groups in total. The van der Waals surface area contributed by atoms with Crippen LogP contribution in [0.2, 0.25) is 0 Å². The minimum Gasteiger partial charge on any atom is -0.496 e. The number of methoxy groups -OCH3 is 1. The largest absolute Gasteiger partial charge is 0.496 e. The summed E-state index contributed by atoms with van der Waals surface area (Å²) in [6.45, 7) is 3.06. The van der Waals surface area contributed by atoms with Crippen molar-refractivity contribution in [3.05, 3.63) is 41.5 Å². The van der Waals surface area contributed by atoms with Gasteiger partial charge in [-0.2, -0.15) is 0 Å². The van der Waals surface area contributed by atoms with E-state index in [4.69, 9.17) is 4.74 Å². The van der Waals surface area contributed by atoms with Crippen molar-refractivity contribution in [2.75, 3.05) is 13.7 Å². The van der Waals surface area contributed by atoms with Crippen LogP contribution in [0.4, 0.5) is 0 Å². The number of hydrogen-bond acceptors (Lipinski definition) is 2. The molecule has 2 nitrogen and oxygen atoms in total. The zero-order valence-corrected chi connectivity index (χ0v) is 9.80. The molecule has 3 heteroatoms. The highest BCUT2D eigenvalue weighted by atomic mass is 35.5.